The first-order chi connectivity index (χ1) is 9.69. The van der Waals surface area contributed by atoms with E-state index in [-0.39, 0.29) is 5.91 Å². The average Bonchev–Trinajstić information content (AvgIpc) is 2.97. The molecule has 1 atom stereocenters. The molecule has 5 heteroatoms. The average molecular weight is 294 g/mol. The first-order valence-electron chi connectivity index (χ1n) is 6.41. The van der Waals surface area contributed by atoms with Crippen molar-refractivity contribution < 1.29 is 13.9 Å². The van der Waals surface area contributed by atoms with Gasteiger partial charge in [-0.2, -0.15) is 0 Å². The molecule has 106 valence electrons. The van der Waals surface area contributed by atoms with Crippen molar-refractivity contribution in [2.24, 2.45) is 0 Å². The maximum absolute atomic E-state index is 12.0. The van der Waals surface area contributed by atoms with Crippen LogP contribution in [-0.4, -0.2) is 12.0 Å². The van der Waals surface area contributed by atoms with E-state index in [1.54, 1.807) is 42.7 Å². The highest BCUT2D eigenvalue weighted by atomic mass is 35.5. The number of hydrogen-bond donors (Lipinski definition) is 1. The Morgan fingerprint density at radius 2 is 2.10 bits per heavy atom. The van der Waals surface area contributed by atoms with Crippen LogP contribution in [0.25, 0.3) is 0 Å². The van der Waals surface area contributed by atoms with Crippen LogP contribution in [0.1, 0.15) is 19.1 Å². The summed E-state index contributed by atoms with van der Waals surface area (Å²) in [5.41, 5.74) is 0. The number of benzene rings is 1. The van der Waals surface area contributed by atoms with E-state index >= 15 is 0 Å². The molecule has 0 aliphatic rings. The quantitative estimate of drug-likeness (QED) is 0.888. The molecule has 0 saturated heterocycles. The molecule has 2 aromatic rings. The largest absolute Gasteiger partial charge is 0.481 e. The first kappa shape index (κ1) is 14.5. The van der Waals surface area contributed by atoms with E-state index in [1.807, 2.05) is 6.92 Å². The highest BCUT2D eigenvalue weighted by molar-refractivity contribution is 6.30. The Morgan fingerprint density at radius 1 is 1.35 bits per heavy atom. The summed E-state index contributed by atoms with van der Waals surface area (Å²) in [7, 11) is 0. The van der Waals surface area contributed by atoms with Crippen LogP contribution in [0.2, 0.25) is 5.02 Å². The molecule has 0 aliphatic heterocycles. The van der Waals surface area contributed by atoms with Gasteiger partial charge in [0.05, 0.1) is 12.8 Å². The van der Waals surface area contributed by atoms with E-state index in [4.69, 9.17) is 20.8 Å². The SMILES string of the molecule is CCC(Oc1ccc(Cl)cc1)C(=O)NCc1ccco1. The number of amides is 1. The Kier molecular flexibility index (Phi) is 5.07. The van der Waals surface area contributed by atoms with Gasteiger partial charge in [0.15, 0.2) is 6.10 Å². The molecule has 1 N–H and O–H groups in total. The second-order valence-electron chi connectivity index (χ2n) is 4.27. The van der Waals surface area contributed by atoms with Gasteiger partial charge in [0.1, 0.15) is 11.5 Å². The molecule has 0 bridgehead atoms. The van der Waals surface area contributed by atoms with Gasteiger partial charge in [0.25, 0.3) is 5.91 Å². The fraction of sp³-hybridized carbons (Fsp3) is 0.267. The lowest BCUT2D eigenvalue weighted by Crippen LogP contribution is -2.37. The van der Waals surface area contributed by atoms with Crippen LogP contribution in [0, 0.1) is 0 Å². The fourth-order valence-corrected chi connectivity index (χ4v) is 1.83. The molecule has 4 nitrogen and oxygen atoms in total. The Labute approximate surface area is 122 Å². The lowest BCUT2D eigenvalue weighted by molar-refractivity contribution is -0.128. The van der Waals surface area contributed by atoms with E-state index in [0.29, 0.717) is 29.5 Å². The minimum absolute atomic E-state index is 0.168. The van der Waals surface area contributed by atoms with E-state index in [2.05, 4.69) is 5.32 Å². The lowest BCUT2D eigenvalue weighted by Gasteiger charge is -2.17. The summed E-state index contributed by atoms with van der Waals surface area (Å²) in [6, 6.07) is 10.5. The van der Waals surface area contributed by atoms with Gasteiger partial charge in [-0.3, -0.25) is 4.79 Å². The Bertz CT molecular complexity index is 537. The smallest absolute Gasteiger partial charge is 0.261 e. The summed E-state index contributed by atoms with van der Waals surface area (Å²) in [4.78, 5) is 12.0. The summed E-state index contributed by atoms with van der Waals surface area (Å²) >= 11 is 5.81. The zero-order valence-electron chi connectivity index (χ0n) is 11.1. The third-order valence-electron chi connectivity index (χ3n) is 2.77. The monoisotopic (exact) mass is 293 g/mol. The summed E-state index contributed by atoms with van der Waals surface area (Å²) in [5, 5.41) is 3.42. The zero-order chi connectivity index (χ0) is 14.4. The van der Waals surface area contributed by atoms with Crippen molar-refractivity contribution in [2.75, 3.05) is 0 Å². The molecule has 1 aromatic carbocycles. The maximum Gasteiger partial charge on any atom is 0.261 e. The van der Waals surface area contributed by atoms with Gasteiger partial charge < -0.3 is 14.5 Å². The molecule has 1 unspecified atom stereocenters. The minimum Gasteiger partial charge on any atom is -0.481 e. The van der Waals surface area contributed by atoms with E-state index < -0.39 is 6.10 Å². The number of furan rings is 1. The third-order valence-corrected chi connectivity index (χ3v) is 3.02. The molecule has 1 amide bonds. The molecule has 2 rings (SSSR count). The number of ether oxygens (including phenoxy) is 1. The van der Waals surface area contributed by atoms with Crippen LogP contribution in [-0.2, 0) is 11.3 Å². The molecule has 0 radical (unpaired) electrons. The van der Waals surface area contributed by atoms with Crippen molar-refractivity contribution in [3.63, 3.8) is 0 Å². The van der Waals surface area contributed by atoms with Crippen molar-refractivity contribution in [1.82, 2.24) is 5.32 Å². The second kappa shape index (κ2) is 7.01. The highest BCUT2D eigenvalue weighted by Crippen LogP contribution is 2.17. The van der Waals surface area contributed by atoms with Gasteiger partial charge in [-0.05, 0) is 42.8 Å². The zero-order valence-corrected chi connectivity index (χ0v) is 11.9. The summed E-state index contributed by atoms with van der Waals surface area (Å²) in [5.74, 6) is 1.16. The van der Waals surface area contributed by atoms with Gasteiger partial charge in [-0.1, -0.05) is 18.5 Å². The summed E-state index contributed by atoms with van der Waals surface area (Å²) in [6.45, 7) is 2.25. The number of halogens is 1. The fourth-order valence-electron chi connectivity index (χ4n) is 1.70. The van der Waals surface area contributed by atoms with Gasteiger partial charge in [0.2, 0.25) is 0 Å². The predicted molar refractivity (Wildman–Crippen MR) is 76.7 cm³/mol. The lowest BCUT2D eigenvalue weighted by atomic mass is 10.2. The standard InChI is InChI=1S/C15H16ClNO3/c1-2-14(20-12-7-5-11(16)6-8-12)15(18)17-10-13-4-3-9-19-13/h3-9,14H,2,10H2,1H3,(H,17,18). The molecule has 0 fully saturated rings. The van der Waals surface area contributed by atoms with Gasteiger partial charge in [-0.25, -0.2) is 0 Å². The number of hydrogen-bond acceptors (Lipinski definition) is 3. The number of carbonyl (C=O) groups is 1. The van der Waals surface area contributed by atoms with Crippen molar-refractivity contribution in [1.29, 1.82) is 0 Å². The van der Waals surface area contributed by atoms with Gasteiger partial charge in [-0.15, -0.1) is 0 Å². The molecule has 1 aromatic heterocycles. The van der Waals surface area contributed by atoms with Crippen LogP contribution < -0.4 is 10.1 Å². The van der Waals surface area contributed by atoms with E-state index in [9.17, 15) is 4.79 Å². The van der Waals surface area contributed by atoms with Crippen molar-refractivity contribution in [3.8, 4) is 5.75 Å². The molecule has 0 spiro atoms. The van der Waals surface area contributed by atoms with Crippen LogP contribution >= 0.6 is 11.6 Å². The Hall–Kier alpha value is -1.94. The Morgan fingerprint density at radius 3 is 2.70 bits per heavy atom. The highest BCUT2D eigenvalue weighted by Gasteiger charge is 2.18. The van der Waals surface area contributed by atoms with Crippen LogP contribution in [0.3, 0.4) is 0 Å². The van der Waals surface area contributed by atoms with Crippen molar-refractivity contribution >= 4 is 17.5 Å². The molecule has 20 heavy (non-hydrogen) atoms. The number of nitrogens with one attached hydrogen (secondary N) is 1. The summed E-state index contributed by atoms with van der Waals surface area (Å²) in [6.07, 6.45) is 1.61. The van der Waals surface area contributed by atoms with Crippen molar-refractivity contribution in [3.05, 3.63) is 53.4 Å². The minimum atomic E-state index is -0.536. The molecular weight excluding hydrogens is 278 g/mol. The molecular formula is C15H16ClNO3. The molecule has 1 heterocycles. The number of carbonyl (C=O) groups excluding carboxylic acids is 1. The topological polar surface area (TPSA) is 51.5 Å². The third kappa shape index (κ3) is 4.03. The van der Waals surface area contributed by atoms with Gasteiger partial charge in [0, 0.05) is 5.02 Å². The van der Waals surface area contributed by atoms with Crippen LogP contribution in [0.15, 0.2) is 47.1 Å². The van der Waals surface area contributed by atoms with Crippen molar-refractivity contribution in [2.45, 2.75) is 26.0 Å². The second-order valence-corrected chi connectivity index (χ2v) is 4.70. The molecule has 0 saturated carbocycles. The molecule has 0 aliphatic carbocycles. The van der Waals surface area contributed by atoms with E-state index in [1.165, 1.54) is 0 Å². The summed E-state index contributed by atoms with van der Waals surface area (Å²) < 4.78 is 10.8. The van der Waals surface area contributed by atoms with Gasteiger partial charge >= 0.3 is 0 Å². The van der Waals surface area contributed by atoms with Crippen LogP contribution in [0.5, 0.6) is 5.75 Å². The Balaban J connectivity index is 1.90. The normalized spacial score (nSPS) is 11.9. The predicted octanol–water partition coefficient (Wildman–Crippen LogP) is 3.41. The first-order valence-corrected chi connectivity index (χ1v) is 6.79. The van der Waals surface area contributed by atoms with E-state index in [0.717, 1.165) is 0 Å². The van der Waals surface area contributed by atoms with Crippen LogP contribution in [0.4, 0.5) is 0 Å². The number of rotatable bonds is 6. The maximum atomic E-state index is 12.0.